The maximum Gasteiger partial charge on any atom is 0.573 e. The molecule has 0 fully saturated rings. The molecule has 0 unspecified atom stereocenters. The van der Waals surface area contributed by atoms with E-state index in [1.54, 1.807) is 0 Å². The predicted octanol–water partition coefficient (Wildman–Crippen LogP) is 3.36. The summed E-state index contributed by atoms with van der Waals surface area (Å²) in [5.41, 5.74) is 0.450. The average molecular weight is 299 g/mol. The van der Waals surface area contributed by atoms with Gasteiger partial charge in [0, 0.05) is 12.1 Å². The summed E-state index contributed by atoms with van der Waals surface area (Å²) in [6.45, 7) is 0. The van der Waals surface area contributed by atoms with Crippen molar-refractivity contribution in [2.24, 2.45) is 0 Å². The van der Waals surface area contributed by atoms with Crippen LogP contribution in [0.2, 0.25) is 0 Å². The van der Waals surface area contributed by atoms with Gasteiger partial charge in [0.2, 0.25) is 0 Å². The van der Waals surface area contributed by atoms with E-state index < -0.39 is 17.9 Å². The molecule has 0 saturated heterocycles. The van der Waals surface area contributed by atoms with Gasteiger partial charge in [0.05, 0.1) is 11.0 Å². The van der Waals surface area contributed by atoms with Gasteiger partial charge < -0.3 is 9.72 Å². The highest BCUT2D eigenvalue weighted by Crippen LogP contribution is 2.29. The van der Waals surface area contributed by atoms with Crippen LogP contribution in [0.25, 0.3) is 11.0 Å². The Morgan fingerprint density at radius 1 is 1.31 bits per heavy atom. The van der Waals surface area contributed by atoms with E-state index in [1.165, 1.54) is 0 Å². The molecule has 1 aromatic carbocycles. The highest BCUT2D eigenvalue weighted by Gasteiger charge is 2.32. The molecular formula is C8H3BrF4N2O. The zero-order valence-electron chi connectivity index (χ0n) is 7.40. The van der Waals surface area contributed by atoms with Crippen molar-refractivity contribution in [2.75, 3.05) is 0 Å². The summed E-state index contributed by atoms with van der Waals surface area (Å²) in [4.78, 5) is 6.41. The van der Waals surface area contributed by atoms with E-state index >= 15 is 0 Å². The Balaban J connectivity index is 2.49. The van der Waals surface area contributed by atoms with E-state index in [2.05, 4.69) is 30.6 Å². The molecule has 1 N–H and O–H groups in total. The predicted molar refractivity (Wildman–Crippen MR) is 50.4 cm³/mol. The zero-order chi connectivity index (χ0) is 11.9. The molecule has 1 heterocycles. The van der Waals surface area contributed by atoms with Crippen molar-refractivity contribution in [3.8, 4) is 5.75 Å². The minimum Gasteiger partial charge on any atom is -0.403 e. The Bertz CT molecular complexity index is 537. The number of imidazole rings is 1. The molecule has 1 aromatic heterocycles. The Morgan fingerprint density at radius 3 is 2.62 bits per heavy atom. The summed E-state index contributed by atoms with van der Waals surface area (Å²) in [6, 6.07) is 1.76. The fraction of sp³-hybridized carbons (Fsp3) is 0.125. The third-order valence-corrected chi connectivity index (χ3v) is 2.11. The van der Waals surface area contributed by atoms with Crippen LogP contribution < -0.4 is 4.74 Å². The van der Waals surface area contributed by atoms with Crippen molar-refractivity contribution in [2.45, 2.75) is 6.36 Å². The van der Waals surface area contributed by atoms with E-state index in [0.29, 0.717) is 4.73 Å². The summed E-state index contributed by atoms with van der Waals surface area (Å²) in [6.07, 6.45) is -4.93. The highest BCUT2D eigenvalue weighted by molar-refractivity contribution is 9.10. The van der Waals surface area contributed by atoms with Gasteiger partial charge in [-0.1, -0.05) is 0 Å². The van der Waals surface area contributed by atoms with Crippen molar-refractivity contribution in [1.29, 1.82) is 0 Å². The van der Waals surface area contributed by atoms with Crippen LogP contribution in [0.3, 0.4) is 0 Å². The van der Waals surface area contributed by atoms with Gasteiger partial charge in [-0.25, -0.2) is 9.37 Å². The second-order valence-corrected chi connectivity index (χ2v) is 3.63. The molecule has 0 bridgehead atoms. The van der Waals surface area contributed by atoms with Crippen LogP contribution in [0.1, 0.15) is 0 Å². The van der Waals surface area contributed by atoms with Crippen molar-refractivity contribution in [3.63, 3.8) is 0 Å². The van der Waals surface area contributed by atoms with Crippen LogP contribution in [0, 0.1) is 5.82 Å². The monoisotopic (exact) mass is 298 g/mol. The number of H-pyrrole nitrogens is 1. The van der Waals surface area contributed by atoms with Gasteiger partial charge in [-0.2, -0.15) is 0 Å². The molecule has 0 aliphatic carbocycles. The number of rotatable bonds is 1. The molecule has 86 valence electrons. The van der Waals surface area contributed by atoms with Crippen LogP contribution in [0.15, 0.2) is 16.9 Å². The third kappa shape index (κ3) is 2.26. The van der Waals surface area contributed by atoms with Gasteiger partial charge in [-0.3, -0.25) is 0 Å². The Kier molecular flexibility index (Phi) is 2.53. The number of nitrogens with one attached hydrogen (secondary N) is 1. The van der Waals surface area contributed by atoms with Crippen LogP contribution in [-0.2, 0) is 0 Å². The Morgan fingerprint density at radius 2 is 2.00 bits per heavy atom. The van der Waals surface area contributed by atoms with E-state index in [9.17, 15) is 17.6 Å². The molecule has 0 radical (unpaired) electrons. The number of alkyl halides is 3. The van der Waals surface area contributed by atoms with Gasteiger partial charge >= 0.3 is 6.36 Å². The maximum atomic E-state index is 13.2. The number of halogens is 5. The van der Waals surface area contributed by atoms with Gasteiger partial charge in [0.1, 0.15) is 0 Å². The number of aromatic amines is 1. The standard InChI is InChI=1S/C8H3BrF4N2O/c9-7-14-4-1-3(10)6(2-5(4)15-7)16-8(11,12)13/h1-2H,(H,14,15). The van der Waals surface area contributed by atoms with Crippen LogP contribution in [0.5, 0.6) is 5.75 Å². The lowest BCUT2D eigenvalue weighted by atomic mass is 10.3. The van der Waals surface area contributed by atoms with Gasteiger partial charge in [0.25, 0.3) is 0 Å². The molecule has 0 saturated carbocycles. The van der Waals surface area contributed by atoms with Crippen LogP contribution in [-0.4, -0.2) is 16.3 Å². The summed E-state index contributed by atoms with van der Waals surface area (Å²) in [5.74, 6) is -2.01. The summed E-state index contributed by atoms with van der Waals surface area (Å²) in [5, 5.41) is 0. The summed E-state index contributed by atoms with van der Waals surface area (Å²) in [7, 11) is 0. The molecule has 16 heavy (non-hydrogen) atoms. The number of fused-ring (bicyclic) bond motifs is 1. The lowest BCUT2D eigenvalue weighted by Gasteiger charge is -2.09. The molecule has 8 heteroatoms. The van der Waals surface area contributed by atoms with Crippen molar-refractivity contribution in [1.82, 2.24) is 9.97 Å². The first-order valence-electron chi connectivity index (χ1n) is 3.96. The molecule has 0 amide bonds. The molecule has 2 aromatic rings. The number of nitrogens with zero attached hydrogens (tertiary/aromatic N) is 1. The molecule has 3 nitrogen and oxygen atoms in total. The number of hydrogen-bond donors (Lipinski definition) is 1. The minimum atomic E-state index is -4.93. The van der Waals surface area contributed by atoms with E-state index in [0.717, 1.165) is 12.1 Å². The topological polar surface area (TPSA) is 37.9 Å². The third-order valence-electron chi connectivity index (χ3n) is 1.73. The van der Waals surface area contributed by atoms with Crippen molar-refractivity contribution >= 4 is 27.0 Å². The zero-order valence-corrected chi connectivity index (χ0v) is 8.99. The van der Waals surface area contributed by atoms with E-state index in [-0.39, 0.29) is 11.0 Å². The van der Waals surface area contributed by atoms with E-state index in [4.69, 9.17) is 0 Å². The summed E-state index contributed by atoms with van der Waals surface area (Å²) >= 11 is 2.98. The largest absolute Gasteiger partial charge is 0.573 e. The number of benzene rings is 1. The number of aromatic nitrogens is 2. The van der Waals surface area contributed by atoms with Crippen molar-refractivity contribution < 1.29 is 22.3 Å². The highest BCUT2D eigenvalue weighted by atomic mass is 79.9. The normalized spacial score (nSPS) is 12.1. The van der Waals surface area contributed by atoms with Crippen LogP contribution >= 0.6 is 15.9 Å². The average Bonchev–Trinajstić information content (AvgIpc) is 2.42. The fourth-order valence-corrected chi connectivity index (χ4v) is 1.59. The maximum absolute atomic E-state index is 13.2. The number of ether oxygens (including phenoxy) is 1. The molecule has 0 aliphatic rings. The van der Waals surface area contributed by atoms with Crippen molar-refractivity contribution in [3.05, 3.63) is 22.7 Å². The Hall–Kier alpha value is -1.31. The number of hydrogen-bond acceptors (Lipinski definition) is 2. The molecule has 2 rings (SSSR count). The molecule has 0 atom stereocenters. The smallest absolute Gasteiger partial charge is 0.403 e. The lowest BCUT2D eigenvalue weighted by Crippen LogP contribution is -2.17. The molecular weight excluding hydrogens is 296 g/mol. The fourth-order valence-electron chi connectivity index (χ4n) is 1.18. The molecule has 0 spiro atoms. The minimum absolute atomic E-state index is 0.174. The lowest BCUT2D eigenvalue weighted by molar-refractivity contribution is -0.275. The first-order valence-corrected chi connectivity index (χ1v) is 4.75. The molecule has 0 aliphatic heterocycles. The van der Waals surface area contributed by atoms with Crippen LogP contribution in [0.4, 0.5) is 17.6 Å². The van der Waals surface area contributed by atoms with E-state index in [1.807, 2.05) is 0 Å². The SMILES string of the molecule is Fc1cc2[nH]c(Br)nc2cc1OC(F)(F)F. The second-order valence-electron chi connectivity index (χ2n) is 2.88. The van der Waals surface area contributed by atoms with Gasteiger partial charge in [-0.05, 0) is 15.9 Å². The first-order chi connectivity index (χ1) is 7.35. The second kappa shape index (κ2) is 3.62. The first kappa shape index (κ1) is 11.2. The van der Waals surface area contributed by atoms with Gasteiger partial charge in [-0.15, -0.1) is 13.2 Å². The van der Waals surface area contributed by atoms with Gasteiger partial charge in [0.15, 0.2) is 16.3 Å². The Labute approximate surface area is 94.6 Å². The quantitative estimate of drug-likeness (QED) is 0.820. The summed E-state index contributed by atoms with van der Waals surface area (Å²) < 4.78 is 52.7.